The summed E-state index contributed by atoms with van der Waals surface area (Å²) in [5.41, 5.74) is 5.35. The normalized spacial score (nSPS) is 9.85. The van der Waals surface area contributed by atoms with E-state index in [4.69, 9.17) is 29.4 Å². The minimum absolute atomic E-state index is 0. The molecule has 0 aliphatic heterocycles. The zero-order valence-corrected chi connectivity index (χ0v) is 21.4. The summed E-state index contributed by atoms with van der Waals surface area (Å²) >= 11 is 7.21. The van der Waals surface area contributed by atoms with E-state index < -0.39 is 13.4 Å². The van der Waals surface area contributed by atoms with E-state index >= 15 is 0 Å². The molecule has 0 aromatic heterocycles. The van der Waals surface area contributed by atoms with E-state index in [1.807, 2.05) is 0 Å². The van der Waals surface area contributed by atoms with Crippen LogP contribution in [0.25, 0.3) is 0 Å². The molecule has 2 aromatic rings. The molecule has 0 aliphatic rings. The summed E-state index contributed by atoms with van der Waals surface area (Å²) in [6, 6.07) is 16.9. The van der Waals surface area contributed by atoms with Crippen molar-refractivity contribution in [1.82, 2.24) is 0 Å². The monoisotopic (exact) mass is 464 g/mol. The number of aryl methyl sites for hydroxylation is 4. The van der Waals surface area contributed by atoms with Gasteiger partial charge in [-0.1, -0.05) is 70.8 Å². The third kappa shape index (κ3) is 37.9. The topological polar surface area (TPSA) is 121 Å². The van der Waals surface area contributed by atoms with E-state index in [-0.39, 0.29) is 31.0 Å². The van der Waals surface area contributed by atoms with Crippen molar-refractivity contribution in [1.29, 1.82) is 0 Å². The van der Waals surface area contributed by atoms with Crippen molar-refractivity contribution >= 4 is 37.1 Å². The maximum absolute atomic E-state index is 7.56. The van der Waals surface area contributed by atoms with Crippen LogP contribution in [0.4, 0.5) is 0 Å². The quantitative estimate of drug-likeness (QED) is 0.240. The van der Waals surface area contributed by atoms with Gasteiger partial charge in [-0.2, -0.15) is 0 Å². The van der Waals surface area contributed by atoms with Gasteiger partial charge in [0, 0.05) is 0 Å². The largest absolute Gasteiger partial charge is 1.00 e. The Morgan fingerprint density at radius 3 is 0.815 bits per heavy atom. The van der Waals surface area contributed by atoms with Gasteiger partial charge in [0.1, 0.15) is 0 Å². The van der Waals surface area contributed by atoms with E-state index in [1.54, 1.807) is 0 Å². The Morgan fingerprint density at radius 2 is 0.741 bits per heavy atom. The molecule has 0 aliphatic carbocycles. The van der Waals surface area contributed by atoms with Gasteiger partial charge < -0.3 is 30.8 Å². The van der Waals surface area contributed by atoms with E-state index in [9.17, 15) is 0 Å². The molecule has 6 nitrogen and oxygen atoms in total. The zero-order chi connectivity index (χ0) is 21.0. The van der Waals surface area contributed by atoms with Gasteiger partial charge in [-0.05, 0) is 51.3 Å². The predicted octanol–water partition coefficient (Wildman–Crippen LogP) is 0.0990. The van der Waals surface area contributed by atoms with E-state index in [1.165, 1.54) is 22.3 Å². The molecule has 0 saturated carbocycles. The van der Waals surface area contributed by atoms with Gasteiger partial charge in [0.25, 0.3) is 0 Å². The summed E-state index contributed by atoms with van der Waals surface area (Å²) in [5, 5.41) is 0. The number of hydrogen-bond donors (Lipinski definition) is 6. The van der Waals surface area contributed by atoms with Crippen LogP contribution < -0.4 is 29.6 Å². The summed E-state index contributed by atoms with van der Waals surface area (Å²) in [7, 11) is 0. The fourth-order valence-corrected chi connectivity index (χ4v) is 1.61. The Bertz CT molecular complexity index is 641. The first kappa shape index (κ1) is 32.2. The van der Waals surface area contributed by atoms with E-state index in [0.29, 0.717) is 0 Å². The van der Waals surface area contributed by atoms with Crippen LogP contribution >= 0.6 is 13.4 Å². The molecule has 0 atom stereocenters. The second-order valence-corrected chi connectivity index (χ2v) is 10.3. The predicted molar refractivity (Wildman–Crippen MR) is 115 cm³/mol. The van der Waals surface area contributed by atoms with Gasteiger partial charge >= 0.3 is 43.0 Å². The van der Waals surface area contributed by atoms with Crippen molar-refractivity contribution in [3.8, 4) is 0 Å². The van der Waals surface area contributed by atoms with Crippen molar-refractivity contribution in [2.24, 2.45) is 0 Å². The average molecular weight is 464 g/mol. The molecule has 2 rings (SSSR count). The van der Waals surface area contributed by atoms with Crippen LogP contribution in [0.2, 0.25) is 0 Å². The van der Waals surface area contributed by atoms with Crippen LogP contribution in [-0.2, 0) is 23.6 Å². The Morgan fingerprint density at radius 1 is 0.593 bits per heavy atom. The van der Waals surface area contributed by atoms with Crippen molar-refractivity contribution in [2.75, 3.05) is 0 Å². The maximum Gasteiger partial charge on any atom is 1.00 e. The standard InChI is InChI=1S/2C8H10.Na.2H3O3PS.H/c2*1-7-4-3-5-8(2)6-7;;2*1-4(2,3)5;/h2*3-6H,1-2H3;;2*(H3,1,2,3,5);/q;;+1;;;-1. The molecular weight excluding hydrogens is 437 g/mol. The summed E-state index contributed by atoms with van der Waals surface area (Å²) in [6.07, 6.45) is 0. The molecule has 11 heteroatoms. The Labute approximate surface area is 194 Å². The second-order valence-electron chi connectivity index (χ2n) is 5.34. The Balaban J connectivity index is -0.000000138. The second kappa shape index (κ2) is 16.3. The molecular formula is C16H27NaO6P2S2. The van der Waals surface area contributed by atoms with Gasteiger partial charge in [0.2, 0.25) is 0 Å². The first-order valence-corrected chi connectivity index (χ1v) is 12.5. The average Bonchev–Trinajstić information content (AvgIpc) is 2.34. The van der Waals surface area contributed by atoms with Crippen molar-refractivity contribution in [3.63, 3.8) is 0 Å². The van der Waals surface area contributed by atoms with Crippen molar-refractivity contribution in [3.05, 3.63) is 70.8 Å². The molecule has 0 amide bonds. The van der Waals surface area contributed by atoms with Crippen LogP contribution in [0.3, 0.4) is 0 Å². The number of hydrogen-bond acceptors (Lipinski definition) is 2. The van der Waals surface area contributed by atoms with Crippen molar-refractivity contribution < 1.29 is 60.3 Å². The van der Waals surface area contributed by atoms with E-state index in [2.05, 4.69) is 99.8 Å². The number of benzene rings is 2. The third-order valence-corrected chi connectivity index (χ3v) is 2.35. The van der Waals surface area contributed by atoms with Crippen LogP contribution in [0.15, 0.2) is 48.5 Å². The smallest absolute Gasteiger partial charge is 1.00 e. The summed E-state index contributed by atoms with van der Waals surface area (Å²) in [6.45, 7) is 0.806. The molecule has 0 spiro atoms. The van der Waals surface area contributed by atoms with Gasteiger partial charge in [0.15, 0.2) is 0 Å². The molecule has 6 N–H and O–H groups in total. The Kier molecular flexibility index (Phi) is 19.4. The fraction of sp³-hybridized carbons (Fsp3) is 0.250. The third-order valence-electron chi connectivity index (χ3n) is 2.35. The molecule has 2 aromatic carbocycles. The molecule has 0 heterocycles. The summed E-state index contributed by atoms with van der Waals surface area (Å²) in [4.78, 5) is 45.3. The molecule has 0 bridgehead atoms. The molecule has 0 saturated heterocycles. The van der Waals surface area contributed by atoms with Gasteiger partial charge in [-0.15, -0.1) is 0 Å². The van der Waals surface area contributed by atoms with Crippen LogP contribution in [0, 0.1) is 27.7 Å². The Hall–Kier alpha value is 0.500. The maximum atomic E-state index is 7.56. The first-order valence-electron chi connectivity index (χ1n) is 7.21. The molecule has 150 valence electrons. The van der Waals surface area contributed by atoms with E-state index in [0.717, 1.165) is 0 Å². The van der Waals surface area contributed by atoms with Crippen LogP contribution in [0.1, 0.15) is 23.7 Å². The molecule has 0 fully saturated rings. The number of rotatable bonds is 0. The summed E-state index contributed by atoms with van der Waals surface area (Å²) in [5.74, 6) is 0. The molecule has 0 radical (unpaired) electrons. The van der Waals surface area contributed by atoms with Gasteiger partial charge in [-0.3, -0.25) is 0 Å². The molecule has 27 heavy (non-hydrogen) atoms. The fourth-order valence-electron chi connectivity index (χ4n) is 1.61. The minimum Gasteiger partial charge on any atom is -1.00 e. The van der Waals surface area contributed by atoms with Crippen LogP contribution in [-0.4, -0.2) is 29.4 Å². The minimum atomic E-state index is -3.81. The zero-order valence-electron chi connectivity index (χ0n) is 17.0. The first-order chi connectivity index (χ1) is 11.6. The SMILES string of the molecule is Cc1cccc(C)c1.Cc1cccc(C)c1.OP(O)(O)=S.OP(O)(O)=S.[H-].[Na+]. The summed E-state index contributed by atoms with van der Waals surface area (Å²) < 4.78 is 0. The molecule has 0 unspecified atom stereocenters. The van der Waals surface area contributed by atoms with Gasteiger partial charge in [-0.25, -0.2) is 0 Å². The van der Waals surface area contributed by atoms with Crippen molar-refractivity contribution in [2.45, 2.75) is 27.7 Å². The van der Waals surface area contributed by atoms with Crippen LogP contribution in [0.5, 0.6) is 0 Å². The van der Waals surface area contributed by atoms with Gasteiger partial charge in [0.05, 0.1) is 0 Å².